The van der Waals surface area contributed by atoms with Crippen molar-refractivity contribution in [2.75, 3.05) is 38.9 Å². The molecule has 53 heavy (non-hydrogen) atoms. The van der Waals surface area contributed by atoms with Crippen molar-refractivity contribution < 1.29 is 43.2 Å². The highest BCUT2D eigenvalue weighted by molar-refractivity contribution is 9.09. The summed E-state index contributed by atoms with van der Waals surface area (Å²) in [6, 6.07) is 13.3. The van der Waals surface area contributed by atoms with Crippen molar-refractivity contribution in [1.29, 1.82) is 0 Å². The lowest BCUT2D eigenvalue weighted by atomic mass is 9.70. The molecular formula is C40H50BrN3O9. The van der Waals surface area contributed by atoms with E-state index in [0.29, 0.717) is 23.4 Å². The van der Waals surface area contributed by atoms with Crippen LogP contribution < -0.4 is 15.0 Å². The number of likely N-dealkylation sites (tertiary alicyclic amines) is 1. The fourth-order valence-electron chi connectivity index (χ4n) is 8.08. The molecule has 9 atom stereocenters. The second-order valence-corrected chi connectivity index (χ2v) is 15.2. The topological polar surface area (TPSA) is 144 Å². The molecular weight excluding hydrogens is 746 g/mol. The van der Waals surface area contributed by atoms with Crippen LogP contribution in [0, 0.1) is 17.8 Å². The zero-order chi connectivity index (χ0) is 38.4. The van der Waals surface area contributed by atoms with Gasteiger partial charge in [0, 0.05) is 30.6 Å². The summed E-state index contributed by atoms with van der Waals surface area (Å²) in [5.41, 5.74) is -0.247. The van der Waals surface area contributed by atoms with Crippen molar-refractivity contribution in [3.8, 4) is 5.75 Å². The van der Waals surface area contributed by atoms with E-state index in [2.05, 4.69) is 34.4 Å². The summed E-state index contributed by atoms with van der Waals surface area (Å²) in [5.74, 6) is -3.68. The van der Waals surface area contributed by atoms with Crippen molar-refractivity contribution in [3.63, 3.8) is 0 Å². The third-order valence-corrected chi connectivity index (χ3v) is 11.4. The summed E-state index contributed by atoms with van der Waals surface area (Å²) in [6.45, 7) is 11.1. The standard InChI is InChI=1S/C40H50BrN3O9/c1-7-9-15-31(46)42-29(23-50-5)34(25-13-11-10-12-14-25)52-39(49)32-33-37(47)44(30(22-45)24(3)4)36(40(33)21-28(41)35(32)53-40)38(48)43(20-8-2)26-16-18-27(51-6)19-17-26/h7-8,10-14,16-19,24,28-30,32-36,45H,1-2,9,15,20-23H2,3-6H3,(H,42,46)/t28?,29-,30+,32-,33+,34-,35-,36-,40+/m1/s1. The predicted molar refractivity (Wildman–Crippen MR) is 202 cm³/mol. The number of nitrogens with zero attached hydrogens (tertiary/aromatic N) is 2. The Morgan fingerprint density at radius 3 is 2.40 bits per heavy atom. The van der Waals surface area contributed by atoms with Gasteiger partial charge in [-0.05, 0) is 48.6 Å². The Labute approximate surface area is 319 Å². The Morgan fingerprint density at radius 2 is 1.81 bits per heavy atom. The van der Waals surface area contributed by atoms with E-state index in [1.165, 1.54) is 16.9 Å². The van der Waals surface area contributed by atoms with E-state index < -0.39 is 77.0 Å². The number of halogens is 1. The molecule has 1 spiro atoms. The lowest BCUT2D eigenvalue weighted by molar-refractivity contribution is -0.163. The van der Waals surface area contributed by atoms with Gasteiger partial charge in [0.25, 0.3) is 5.91 Å². The molecule has 3 fully saturated rings. The molecule has 3 saturated heterocycles. The van der Waals surface area contributed by atoms with Gasteiger partial charge in [0.05, 0.1) is 50.3 Å². The van der Waals surface area contributed by atoms with Gasteiger partial charge in [0.15, 0.2) is 0 Å². The van der Waals surface area contributed by atoms with E-state index in [0.717, 1.165) is 0 Å². The quantitative estimate of drug-likeness (QED) is 0.128. The number of hydrogen-bond donors (Lipinski definition) is 2. The van der Waals surface area contributed by atoms with Gasteiger partial charge in [0.1, 0.15) is 23.5 Å². The SMILES string of the molecule is C=CCCC(=O)N[C@H](COC)[C@H](OC(=O)[C@H]1[C@@H]2O[C@@]3(CC2Br)[C@@H]1C(=O)N([C@@H](CO)C(C)C)[C@@H]3C(=O)N(CC=C)c1ccc(OC)cc1)c1ccccc1. The van der Waals surface area contributed by atoms with Crippen LogP contribution >= 0.6 is 15.9 Å². The molecule has 1 unspecified atom stereocenters. The molecule has 0 radical (unpaired) electrons. The molecule has 0 aliphatic carbocycles. The Kier molecular flexibility index (Phi) is 13.2. The highest BCUT2D eigenvalue weighted by Gasteiger charge is 2.78. The highest BCUT2D eigenvalue weighted by atomic mass is 79.9. The summed E-state index contributed by atoms with van der Waals surface area (Å²) < 4.78 is 23.9. The number of rotatable bonds is 18. The summed E-state index contributed by atoms with van der Waals surface area (Å²) in [6.07, 6.45) is 2.38. The normalized spacial score (nSPS) is 26.1. The average molecular weight is 797 g/mol. The van der Waals surface area contributed by atoms with Gasteiger partial charge in [-0.1, -0.05) is 72.3 Å². The maximum Gasteiger partial charge on any atom is 0.313 e. The Hall–Kier alpha value is -4.04. The summed E-state index contributed by atoms with van der Waals surface area (Å²) in [5, 5.41) is 13.6. The predicted octanol–water partition coefficient (Wildman–Crippen LogP) is 4.36. The molecule has 12 nitrogen and oxygen atoms in total. The molecule has 0 aromatic heterocycles. The van der Waals surface area contributed by atoms with Crippen LogP contribution in [0.4, 0.5) is 5.69 Å². The van der Waals surface area contributed by atoms with E-state index in [4.69, 9.17) is 18.9 Å². The van der Waals surface area contributed by atoms with Gasteiger partial charge in [-0.15, -0.1) is 13.2 Å². The maximum absolute atomic E-state index is 15.0. The first-order chi connectivity index (χ1) is 25.5. The lowest BCUT2D eigenvalue weighted by Gasteiger charge is -2.40. The smallest absolute Gasteiger partial charge is 0.313 e. The van der Waals surface area contributed by atoms with Crippen LogP contribution in [-0.2, 0) is 33.4 Å². The van der Waals surface area contributed by atoms with Crippen molar-refractivity contribution >= 4 is 45.3 Å². The number of nitrogens with one attached hydrogen (secondary N) is 1. The van der Waals surface area contributed by atoms with Crippen LogP contribution in [0.2, 0.25) is 0 Å². The van der Waals surface area contributed by atoms with Gasteiger partial charge in [-0.2, -0.15) is 0 Å². The zero-order valence-electron chi connectivity index (χ0n) is 30.7. The summed E-state index contributed by atoms with van der Waals surface area (Å²) >= 11 is 3.73. The van der Waals surface area contributed by atoms with Gasteiger partial charge in [-0.25, -0.2) is 0 Å². The fourth-order valence-corrected chi connectivity index (χ4v) is 9.02. The molecule has 3 aliphatic rings. The fraction of sp³-hybridized carbons (Fsp3) is 0.500. The number of alkyl halides is 1. The number of allylic oxidation sites excluding steroid dienone is 1. The first kappa shape index (κ1) is 40.2. The number of fused-ring (bicyclic) bond motifs is 1. The third-order valence-electron chi connectivity index (χ3n) is 10.5. The van der Waals surface area contributed by atoms with Gasteiger partial charge in [-0.3, -0.25) is 19.2 Å². The number of esters is 1. The van der Waals surface area contributed by atoms with Crippen molar-refractivity contribution in [1.82, 2.24) is 10.2 Å². The molecule has 3 amide bonds. The zero-order valence-corrected chi connectivity index (χ0v) is 32.3. The van der Waals surface area contributed by atoms with Crippen LogP contribution in [0.1, 0.15) is 44.8 Å². The average Bonchev–Trinajstić information content (AvgIpc) is 3.75. The minimum Gasteiger partial charge on any atom is -0.497 e. The third kappa shape index (κ3) is 7.80. The summed E-state index contributed by atoms with van der Waals surface area (Å²) in [4.78, 5) is 60.0. The molecule has 2 aromatic rings. The Balaban J connectivity index is 1.56. The molecule has 3 heterocycles. The first-order valence-electron chi connectivity index (χ1n) is 17.9. The molecule has 2 N–H and O–H groups in total. The number of benzene rings is 2. The van der Waals surface area contributed by atoms with Crippen LogP contribution in [0.3, 0.4) is 0 Å². The number of aliphatic hydroxyl groups excluding tert-OH is 1. The van der Waals surface area contributed by atoms with E-state index in [-0.39, 0.29) is 37.8 Å². The van der Waals surface area contributed by atoms with Crippen LogP contribution in [0.25, 0.3) is 0 Å². The number of anilines is 1. The molecule has 13 heteroatoms. The first-order valence-corrected chi connectivity index (χ1v) is 18.8. The molecule has 5 rings (SSSR count). The number of methoxy groups -OCH3 is 2. The second kappa shape index (κ2) is 17.4. The number of carbonyl (C=O) groups is 4. The monoisotopic (exact) mass is 795 g/mol. The molecule has 2 aromatic carbocycles. The van der Waals surface area contributed by atoms with E-state index in [1.807, 2.05) is 19.9 Å². The largest absolute Gasteiger partial charge is 0.497 e. The Bertz CT molecular complexity index is 1640. The number of ether oxygens (including phenoxy) is 4. The number of aliphatic hydroxyl groups is 1. The highest BCUT2D eigenvalue weighted by Crippen LogP contribution is 2.61. The van der Waals surface area contributed by atoms with Crippen molar-refractivity contribution in [2.24, 2.45) is 17.8 Å². The van der Waals surface area contributed by atoms with E-state index in [1.54, 1.807) is 67.8 Å². The van der Waals surface area contributed by atoms with Crippen molar-refractivity contribution in [3.05, 3.63) is 85.5 Å². The van der Waals surface area contributed by atoms with Gasteiger partial charge >= 0.3 is 5.97 Å². The number of amides is 3. The maximum atomic E-state index is 15.0. The molecule has 0 saturated carbocycles. The van der Waals surface area contributed by atoms with Crippen LogP contribution in [0.5, 0.6) is 5.75 Å². The lowest BCUT2D eigenvalue weighted by Crippen LogP contribution is -2.60. The summed E-state index contributed by atoms with van der Waals surface area (Å²) in [7, 11) is 3.04. The van der Waals surface area contributed by atoms with Gasteiger partial charge < -0.3 is 39.2 Å². The second-order valence-electron chi connectivity index (χ2n) is 14.1. The number of hydrogen-bond acceptors (Lipinski definition) is 9. The Morgan fingerprint density at radius 1 is 1.11 bits per heavy atom. The molecule has 3 aliphatic heterocycles. The van der Waals surface area contributed by atoms with Crippen molar-refractivity contribution in [2.45, 2.75) is 73.9 Å². The van der Waals surface area contributed by atoms with Crippen LogP contribution in [0.15, 0.2) is 79.9 Å². The van der Waals surface area contributed by atoms with E-state index in [9.17, 15) is 24.3 Å². The molecule has 2 bridgehead atoms. The van der Waals surface area contributed by atoms with Crippen LogP contribution in [-0.4, -0.2) is 102 Å². The number of carbonyl (C=O) groups excluding carboxylic acids is 4. The molecule has 286 valence electrons. The minimum absolute atomic E-state index is 0.0338. The minimum atomic E-state index is -1.42. The van der Waals surface area contributed by atoms with E-state index >= 15 is 0 Å². The van der Waals surface area contributed by atoms with Gasteiger partial charge in [0.2, 0.25) is 11.8 Å².